The predicted octanol–water partition coefficient (Wildman–Crippen LogP) is 4.05. The first-order valence-electron chi connectivity index (χ1n) is 8.71. The molecule has 8 heteroatoms. The Hall–Kier alpha value is -3.13. The molecule has 2 amide bonds. The molecule has 0 spiro atoms. The summed E-state index contributed by atoms with van der Waals surface area (Å²) in [5.74, 6) is -1.04. The summed E-state index contributed by atoms with van der Waals surface area (Å²) in [4.78, 5) is 33.5. The fraction of sp³-hybridized carbons (Fsp3) is 0.150. The number of imidazole rings is 1. The number of aromatic amines is 1. The maximum Gasteiger partial charge on any atom is 0.335 e. The first kappa shape index (κ1) is 18.2. The van der Waals surface area contributed by atoms with Gasteiger partial charge in [-0.15, -0.1) is 0 Å². The summed E-state index contributed by atoms with van der Waals surface area (Å²) in [6.45, 7) is 0.514. The van der Waals surface area contributed by atoms with Crippen LogP contribution >= 0.6 is 15.9 Å². The van der Waals surface area contributed by atoms with Crippen molar-refractivity contribution in [2.45, 2.75) is 12.5 Å². The molecule has 0 saturated heterocycles. The molecule has 4 rings (SSSR count). The van der Waals surface area contributed by atoms with Gasteiger partial charge < -0.3 is 20.3 Å². The van der Waals surface area contributed by atoms with Crippen molar-refractivity contribution in [3.63, 3.8) is 0 Å². The maximum atomic E-state index is 13.1. The van der Waals surface area contributed by atoms with Crippen LogP contribution in [0.4, 0.5) is 10.5 Å². The molecular formula is C20H17BrN4O3. The Bertz CT molecular complexity index is 1030. The van der Waals surface area contributed by atoms with Crippen LogP contribution in [0, 0.1) is 0 Å². The van der Waals surface area contributed by atoms with Crippen molar-refractivity contribution in [3.05, 3.63) is 81.8 Å². The number of aromatic nitrogens is 2. The van der Waals surface area contributed by atoms with E-state index in [-0.39, 0.29) is 17.6 Å². The molecule has 142 valence electrons. The molecule has 1 atom stereocenters. The van der Waals surface area contributed by atoms with Crippen molar-refractivity contribution >= 4 is 33.6 Å². The number of nitrogens with zero attached hydrogens (tertiary/aromatic N) is 2. The number of aromatic carboxylic acids is 1. The number of urea groups is 1. The molecule has 0 fully saturated rings. The van der Waals surface area contributed by atoms with Gasteiger partial charge in [-0.2, -0.15) is 0 Å². The van der Waals surface area contributed by atoms with Crippen molar-refractivity contribution in [1.29, 1.82) is 0 Å². The van der Waals surface area contributed by atoms with E-state index in [1.807, 2.05) is 24.3 Å². The van der Waals surface area contributed by atoms with E-state index in [0.717, 1.165) is 21.4 Å². The third kappa shape index (κ3) is 3.50. The van der Waals surface area contributed by atoms with Crippen LogP contribution in [0.15, 0.2) is 59.3 Å². The van der Waals surface area contributed by atoms with Gasteiger partial charge in [0.1, 0.15) is 6.04 Å². The summed E-state index contributed by atoms with van der Waals surface area (Å²) in [5, 5.41) is 12.0. The van der Waals surface area contributed by atoms with Gasteiger partial charge >= 0.3 is 12.0 Å². The molecule has 0 radical (unpaired) electrons. The zero-order valence-corrected chi connectivity index (χ0v) is 16.3. The van der Waals surface area contributed by atoms with Gasteiger partial charge in [0, 0.05) is 28.8 Å². The molecule has 2 heterocycles. The van der Waals surface area contributed by atoms with Crippen LogP contribution < -0.4 is 5.32 Å². The van der Waals surface area contributed by atoms with E-state index in [1.165, 1.54) is 12.1 Å². The van der Waals surface area contributed by atoms with Crippen molar-refractivity contribution < 1.29 is 14.7 Å². The van der Waals surface area contributed by atoms with E-state index in [2.05, 4.69) is 31.2 Å². The molecule has 0 saturated carbocycles. The molecule has 3 N–H and O–H groups in total. The van der Waals surface area contributed by atoms with E-state index in [9.17, 15) is 9.59 Å². The highest BCUT2D eigenvalue weighted by Crippen LogP contribution is 2.34. The molecule has 0 bridgehead atoms. The number of carbonyl (C=O) groups is 2. The highest BCUT2D eigenvalue weighted by molar-refractivity contribution is 9.10. The van der Waals surface area contributed by atoms with Crippen molar-refractivity contribution in [1.82, 2.24) is 14.9 Å². The first-order chi connectivity index (χ1) is 13.5. The maximum absolute atomic E-state index is 13.1. The molecular weight excluding hydrogens is 424 g/mol. The third-order valence-corrected chi connectivity index (χ3v) is 5.26. The topological polar surface area (TPSA) is 98.3 Å². The second-order valence-electron chi connectivity index (χ2n) is 6.48. The van der Waals surface area contributed by atoms with Gasteiger partial charge in [-0.25, -0.2) is 14.6 Å². The second kappa shape index (κ2) is 7.47. The predicted molar refractivity (Wildman–Crippen MR) is 107 cm³/mol. The number of carboxylic acid groups (broad SMARTS) is 1. The van der Waals surface area contributed by atoms with Crippen LogP contribution in [-0.4, -0.2) is 38.5 Å². The second-order valence-corrected chi connectivity index (χ2v) is 7.40. The molecule has 1 aliphatic rings. The number of carbonyl (C=O) groups excluding carboxylic acids is 1. The lowest BCUT2D eigenvalue weighted by molar-refractivity contribution is 0.0697. The largest absolute Gasteiger partial charge is 0.478 e. The fourth-order valence-electron chi connectivity index (χ4n) is 3.40. The molecule has 3 aromatic rings. The fourth-order valence-corrected chi connectivity index (χ4v) is 3.67. The number of H-pyrrole nitrogens is 1. The summed E-state index contributed by atoms with van der Waals surface area (Å²) in [6, 6.07) is 13.4. The van der Waals surface area contributed by atoms with Gasteiger partial charge in [-0.1, -0.05) is 34.1 Å². The Morgan fingerprint density at radius 3 is 2.75 bits per heavy atom. The number of benzene rings is 2. The number of anilines is 1. The van der Waals surface area contributed by atoms with Crippen LogP contribution in [0.1, 0.15) is 33.4 Å². The third-order valence-electron chi connectivity index (χ3n) is 4.73. The van der Waals surface area contributed by atoms with E-state index in [0.29, 0.717) is 18.7 Å². The Kier molecular flexibility index (Phi) is 4.87. The van der Waals surface area contributed by atoms with Crippen LogP contribution in [0.5, 0.6) is 0 Å². The van der Waals surface area contributed by atoms with E-state index in [4.69, 9.17) is 5.11 Å². The Morgan fingerprint density at radius 2 is 2.00 bits per heavy atom. The molecule has 1 aliphatic heterocycles. The lowest BCUT2D eigenvalue weighted by atomic mass is 9.96. The van der Waals surface area contributed by atoms with E-state index < -0.39 is 5.97 Å². The number of amides is 2. The summed E-state index contributed by atoms with van der Waals surface area (Å²) in [5.41, 5.74) is 3.35. The van der Waals surface area contributed by atoms with Crippen LogP contribution in [-0.2, 0) is 6.42 Å². The number of rotatable bonds is 3. The Labute approximate surface area is 169 Å². The lowest BCUT2D eigenvalue weighted by Crippen LogP contribution is -2.43. The van der Waals surface area contributed by atoms with Crippen LogP contribution in [0.2, 0.25) is 0 Å². The molecule has 7 nitrogen and oxygen atoms in total. The van der Waals surface area contributed by atoms with Gasteiger partial charge in [-0.3, -0.25) is 0 Å². The minimum Gasteiger partial charge on any atom is -0.478 e. The molecule has 0 aliphatic carbocycles. The SMILES string of the molecule is O=C(O)c1cccc(NC(=O)N2CCc3[nH]cnc3[C@@H]2c2ccc(Br)cc2)c1. The number of halogens is 1. The Morgan fingerprint density at radius 1 is 1.21 bits per heavy atom. The number of nitrogens with one attached hydrogen (secondary N) is 2. The van der Waals surface area contributed by atoms with E-state index in [1.54, 1.807) is 23.4 Å². The number of carboxylic acids is 1. The zero-order valence-electron chi connectivity index (χ0n) is 14.7. The Balaban J connectivity index is 1.65. The summed E-state index contributed by atoms with van der Waals surface area (Å²) in [6.07, 6.45) is 2.32. The van der Waals surface area contributed by atoms with Crippen molar-refractivity contribution in [3.8, 4) is 0 Å². The van der Waals surface area contributed by atoms with Gasteiger partial charge in [-0.05, 0) is 35.9 Å². The van der Waals surface area contributed by atoms with Gasteiger partial charge in [0.2, 0.25) is 0 Å². The van der Waals surface area contributed by atoms with Gasteiger partial charge in [0.25, 0.3) is 0 Å². The first-order valence-corrected chi connectivity index (χ1v) is 9.51. The standard InChI is InChI=1S/C20H17BrN4O3/c21-14-6-4-12(5-7-14)18-17-16(22-11-23-17)8-9-25(18)20(28)24-15-3-1-2-13(10-15)19(26)27/h1-7,10-11,18H,8-9H2,(H,22,23)(H,24,28)(H,26,27)/t18-/m0/s1. The van der Waals surface area contributed by atoms with Crippen molar-refractivity contribution in [2.24, 2.45) is 0 Å². The number of hydrogen-bond donors (Lipinski definition) is 3. The molecule has 0 unspecified atom stereocenters. The minimum absolute atomic E-state index is 0.121. The van der Waals surface area contributed by atoms with Gasteiger partial charge in [0.05, 0.1) is 17.6 Å². The summed E-state index contributed by atoms with van der Waals surface area (Å²) >= 11 is 3.44. The van der Waals surface area contributed by atoms with E-state index >= 15 is 0 Å². The number of hydrogen-bond acceptors (Lipinski definition) is 3. The van der Waals surface area contributed by atoms with Crippen molar-refractivity contribution in [2.75, 3.05) is 11.9 Å². The molecule has 1 aromatic heterocycles. The average Bonchev–Trinajstić information content (AvgIpc) is 3.17. The lowest BCUT2D eigenvalue weighted by Gasteiger charge is -2.35. The molecule has 2 aromatic carbocycles. The monoisotopic (exact) mass is 440 g/mol. The highest BCUT2D eigenvalue weighted by atomic mass is 79.9. The highest BCUT2D eigenvalue weighted by Gasteiger charge is 2.34. The summed E-state index contributed by atoms with van der Waals surface area (Å²) < 4.78 is 0.954. The minimum atomic E-state index is -1.04. The molecule has 28 heavy (non-hydrogen) atoms. The quantitative estimate of drug-likeness (QED) is 0.571. The number of fused-ring (bicyclic) bond motifs is 1. The average molecular weight is 441 g/mol. The van der Waals surface area contributed by atoms with Crippen LogP contribution in [0.25, 0.3) is 0 Å². The smallest absolute Gasteiger partial charge is 0.335 e. The summed E-state index contributed by atoms with van der Waals surface area (Å²) in [7, 11) is 0. The van der Waals surface area contributed by atoms with Gasteiger partial charge in [0.15, 0.2) is 0 Å². The zero-order chi connectivity index (χ0) is 19.7. The van der Waals surface area contributed by atoms with Crippen LogP contribution in [0.3, 0.4) is 0 Å². The normalized spacial score (nSPS) is 15.8.